The van der Waals surface area contributed by atoms with Crippen LogP contribution in [0.25, 0.3) is 0 Å². The topological polar surface area (TPSA) is 49.4 Å². The minimum Gasteiger partial charge on any atom is -0.315 e. The fraction of sp³-hybridized carbons (Fsp3) is 1.00. The number of nitrogens with one attached hydrogen (secondary N) is 1. The normalized spacial score (nSPS) is 21.7. The fourth-order valence-electron chi connectivity index (χ4n) is 1.65. The molecule has 1 aliphatic rings. The average Bonchev–Trinajstić information content (AvgIpc) is 2.66. The van der Waals surface area contributed by atoms with Gasteiger partial charge in [-0.1, -0.05) is 13.3 Å². The first kappa shape index (κ1) is 15.2. The van der Waals surface area contributed by atoms with Crippen molar-refractivity contribution in [1.29, 1.82) is 0 Å². The molecule has 0 amide bonds. The monoisotopic (exact) mass is 256 g/mol. The van der Waals surface area contributed by atoms with Gasteiger partial charge in [-0.15, -0.1) is 12.4 Å². The van der Waals surface area contributed by atoms with Gasteiger partial charge in [0.2, 0.25) is 10.0 Å². The lowest BCUT2D eigenvalue weighted by Crippen LogP contribution is -2.39. The zero-order chi connectivity index (χ0) is 10.6. The molecule has 1 rings (SSSR count). The van der Waals surface area contributed by atoms with Crippen LogP contribution in [0.2, 0.25) is 0 Å². The molecule has 4 nitrogen and oxygen atoms in total. The van der Waals surface area contributed by atoms with Crippen molar-refractivity contribution in [2.24, 2.45) is 0 Å². The van der Waals surface area contributed by atoms with Gasteiger partial charge in [-0.25, -0.2) is 12.7 Å². The minimum atomic E-state index is -3.01. The molecule has 6 heteroatoms. The van der Waals surface area contributed by atoms with Crippen molar-refractivity contribution in [1.82, 2.24) is 9.62 Å². The molecule has 0 aromatic rings. The Hall–Kier alpha value is 0.160. The van der Waals surface area contributed by atoms with E-state index in [2.05, 4.69) is 5.32 Å². The quantitative estimate of drug-likeness (QED) is 0.793. The lowest BCUT2D eigenvalue weighted by atomic mass is 10.3. The molecule has 1 saturated heterocycles. The van der Waals surface area contributed by atoms with Crippen molar-refractivity contribution in [3.05, 3.63) is 0 Å². The highest BCUT2D eigenvalue weighted by Crippen LogP contribution is 2.12. The Morgan fingerprint density at radius 3 is 2.60 bits per heavy atom. The molecular formula is C9H21ClN2O2S. The second-order valence-corrected chi connectivity index (χ2v) is 5.98. The number of sulfonamides is 1. The predicted octanol–water partition coefficient (Wildman–Crippen LogP) is 0.832. The first-order valence-corrected chi connectivity index (χ1v) is 6.85. The van der Waals surface area contributed by atoms with E-state index in [1.165, 1.54) is 0 Å². The van der Waals surface area contributed by atoms with Gasteiger partial charge in [-0.3, -0.25) is 0 Å². The first-order valence-electron chi connectivity index (χ1n) is 5.24. The summed E-state index contributed by atoms with van der Waals surface area (Å²) in [5.74, 6) is 0.288. The molecule has 0 aromatic carbocycles. The third-order valence-electron chi connectivity index (χ3n) is 2.74. The van der Waals surface area contributed by atoms with Crippen LogP contribution in [0.1, 0.15) is 26.2 Å². The van der Waals surface area contributed by atoms with Gasteiger partial charge in [-0.05, 0) is 19.4 Å². The third-order valence-corrected chi connectivity index (χ3v) is 4.72. The molecule has 0 radical (unpaired) electrons. The van der Waals surface area contributed by atoms with Crippen molar-refractivity contribution in [3.63, 3.8) is 0 Å². The summed E-state index contributed by atoms with van der Waals surface area (Å²) in [4.78, 5) is 0. The molecule has 1 fully saturated rings. The van der Waals surface area contributed by atoms with Gasteiger partial charge >= 0.3 is 0 Å². The van der Waals surface area contributed by atoms with E-state index in [4.69, 9.17) is 0 Å². The number of hydrogen-bond acceptors (Lipinski definition) is 3. The summed E-state index contributed by atoms with van der Waals surface area (Å²) in [6, 6.07) is 0.164. The van der Waals surface area contributed by atoms with Crippen LogP contribution in [0.15, 0.2) is 0 Å². The van der Waals surface area contributed by atoms with Crippen LogP contribution in [0.5, 0.6) is 0 Å². The molecule has 15 heavy (non-hydrogen) atoms. The first-order chi connectivity index (χ1) is 6.58. The molecule has 0 aliphatic carbocycles. The maximum Gasteiger partial charge on any atom is 0.214 e. The molecule has 0 aromatic heterocycles. The second kappa shape index (κ2) is 6.68. The van der Waals surface area contributed by atoms with E-state index in [1.807, 2.05) is 6.92 Å². The summed E-state index contributed by atoms with van der Waals surface area (Å²) in [5, 5.41) is 3.18. The molecule has 1 atom stereocenters. The van der Waals surface area contributed by atoms with Crippen molar-refractivity contribution in [2.75, 3.05) is 25.9 Å². The van der Waals surface area contributed by atoms with Crippen LogP contribution in [0.3, 0.4) is 0 Å². The van der Waals surface area contributed by atoms with E-state index in [-0.39, 0.29) is 24.2 Å². The third kappa shape index (κ3) is 4.26. The van der Waals surface area contributed by atoms with Crippen molar-refractivity contribution in [2.45, 2.75) is 32.2 Å². The molecule has 1 unspecified atom stereocenters. The van der Waals surface area contributed by atoms with Crippen LogP contribution in [-0.4, -0.2) is 44.7 Å². The van der Waals surface area contributed by atoms with Crippen LogP contribution in [0.4, 0.5) is 0 Å². The van der Waals surface area contributed by atoms with Gasteiger partial charge in [0.15, 0.2) is 0 Å². The smallest absolute Gasteiger partial charge is 0.214 e. The zero-order valence-corrected chi connectivity index (χ0v) is 11.0. The van der Waals surface area contributed by atoms with Gasteiger partial charge < -0.3 is 5.32 Å². The number of nitrogens with zero attached hydrogens (tertiary/aromatic N) is 1. The van der Waals surface area contributed by atoms with Gasteiger partial charge in [-0.2, -0.15) is 0 Å². The second-order valence-electron chi connectivity index (χ2n) is 3.83. The standard InChI is InChI=1S/C9H20N2O2S.ClH/c1-3-4-7-14(12,13)11(2)9-5-6-10-8-9;/h9-10H,3-8H2,1-2H3;1H. The van der Waals surface area contributed by atoms with E-state index >= 15 is 0 Å². The Morgan fingerprint density at radius 1 is 1.47 bits per heavy atom. The van der Waals surface area contributed by atoms with Gasteiger partial charge in [0.25, 0.3) is 0 Å². The van der Waals surface area contributed by atoms with Gasteiger partial charge in [0, 0.05) is 19.6 Å². The molecule has 1 N–H and O–H groups in total. The molecule has 0 saturated carbocycles. The van der Waals surface area contributed by atoms with E-state index in [0.29, 0.717) is 0 Å². The van der Waals surface area contributed by atoms with Crippen molar-refractivity contribution in [3.8, 4) is 0 Å². The minimum absolute atomic E-state index is 0. The van der Waals surface area contributed by atoms with Crippen LogP contribution in [0, 0.1) is 0 Å². The highest BCUT2D eigenvalue weighted by atomic mass is 35.5. The van der Waals surface area contributed by atoms with Crippen LogP contribution in [-0.2, 0) is 10.0 Å². The maximum atomic E-state index is 11.8. The number of unbranched alkanes of at least 4 members (excludes halogenated alkanes) is 1. The number of rotatable bonds is 5. The number of hydrogen-bond donors (Lipinski definition) is 1. The maximum absolute atomic E-state index is 11.8. The molecule has 92 valence electrons. The van der Waals surface area contributed by atoms with Gasteiger partial charge in [0.05, 0.1) is 5.75 Å². The Balaban J connectivity index is 0.00000196. The SMILES string of the molecule is CCCCS(=O)(=O)N(C)C1CCNC1.Cl. The predicted molar refractivity (Wildman–Crippen MR) is 65.0 cm³/mol. The average molecular weight is 257 g/mol. The van der Waals surface area contributed by atoms with Crippen molar-refractivity contribution < 1.29 is 8.42 Å². The summed E-state index contributed by atoms with van der Waals surface area (Å²) in [6.45, 7) is 3.73. The number of halogens is 1. The number of likely N-dealkylation sites (N-methyl/N-ethyl adjacent to an activating group) is 1. The highest BCUT2D eigenvalue weighted by Gasteiger charge is 2.27. The summed E-state index contributed by atoms with van der Waals surface area (Å²) >= 11 is 0. The van der Waals surface area contributed by atoms with Crippen LogP contribution < -0.4 is 5.32 Å². The lowest BCUT2D eigenvalue weighted by Gasteiger charge is -2.22. The Morgan fingerprint density at radius 2 is 2.13 bits per heavy atom. The molecule has 0 bridgehead atoms. The fourth-order valence-corrected chi connectivity index (χ4v) is 3.22. The highest BCUT2D eigenvalue weighted by molar-refractivity contribution is 7.89. The Labute approximate surface area is 98.9 Å². The van der Waals surface area contributed by atoms with E-state index in [0.717, 1.165) is 32.4 Å². The molecule has 0 spiro atoms. The molecular weight excluding hydrogens is 236 g/mol. The summed E-state index contributed by atoms with van der Waals surface area (Å²) in [7, 11) is -1.32. The largest absolute Gasteiger partial charge is 0.315 e. The Kier molecular flexibility index (Phi) is 6.75. The Bertz CT molecular complexity index is 263. The summed E-state index contributed by atoms with van der Waals surface area (Å²) < 4.78 is 25.1. The molecule has 1 heterocycles. The van der Waals surface area contributed by atoms with E-state index in [1.54, 1.807) is 11.4 Å². The molecule has 1 aliphatic heterocycles. The van der Waals surface area contributed by atoms with E-state index in [9.17, 15) is 8.42 Å². The summed E-state index contributed by atoms with van der Waals surface area (Å²) in [5.41, 5.74) is 0. The lowest BCUT2D eigenvalue weighted by molar-refractivity contribution is 0.387. The van der Waals surface area contributed by atoms with Crippen LogP contribution >= 0.6 is 12.4 Å². The van der Waals surface area contributed by atoms with E-state index < -0.39 is 10.0 Å². The van der Waals surface area contributed by atoms with Crippen molar-refractivity contribution >= 4 is 22.4 Å². The zero-order valence-electron chi connectivity index (χ0n) is 9.40. The summed E-state index contributed by atoms with van der Waals surface area (Å²) in [6.07, 6.45) is 2.62. The van der Waals surface area contributed by atoms with Gasteiger partial charge in [0.1, 0.15) is 0 Å².